The number of nitrogens with zero attached hydrogens (tertiary/aromatic N) is 4. The standard InChI is InChI=1S/C22H22BIN5O3/c1-23-17-12-26-29-20(11-18(27-21(17)29)16-5-2-3-6-19(16)30)25-8-4-9-28(14-24)22(31)15-7-10-32-13-15/h2-3,5-7,10-13,25,30H,4,8-9,14H2,1H3. The molecule has 10 heteroatoms. The largest absolute Gasteiger partial charge is 0.507 e. The molecule has 1 amide bonds. The second kappa shape index (κ2) is 10.1. The molecule has 3 heterocycles. The first kappa shape index (κ1) is 22.2. The van der Waals surface area contributed by atoms with Gasteiger partial charge in [0.15, 0.2) is 12.9 Å². The predicted octanol–water partition coefficient (Wildman–Crippen LogP) is 3.41. The molecule has 3 aromatic heterocycles. The second-order valence-electron chi connectivity index (χ2n) is 7.15. The Morgan fingerprint density at radius 2 is 2.19 bits per heavy atom. The van der Waals surface area contributed by atoms with Crippen LogP contribution in [0.1, 0.15) is 16.8 Å². The van der Waals surface area contributed by atoms with E-state index >= 15 is 0 Å². The number of carbonyl (C=O) groups excluding carboxylic acids is 1. The van der Waals surface area contributed by atoms with Gasteiger partial charge in [-0.3, -0.25) is 4.79 Å². The van der Waals surface area contributed by atoms with Gasteiger partial charge in [-0.1, -0.05) is 41.5 Å². The molecule has 32 heavy (non-hydrogen) atoms. The van der Waals surface area contributed by atoms with Crippen molar-refractivity contribution in [3.63, 3.8) is 0 Å². The molecule has 8 nitrogen and oxygen atoms in total. The molecule has 0 atom stereocenters. The minimum atomic E-state index is -0.0449. The third-order valence-corrected chi connectivity index (χ3v) is 5.92. The maximum Gasteiger partial charge on any atom is 0.257 e. The van der Waals surface area contributed by atoms with Gasteiger partial charge in [0.2, 0.25) is 0 Å². The summed E-state index contributed by atoms with van der Waals surface area (Å²) in [6.45, 7) is 3.18. The zero-order valence-electron chi connectivity index (χ0n) is 17.5. The number of phenols is 1. The monoisotopic (exact) mass is 542 g/mol. The van der Waals surface area contributed by atoms with E-state index in [4.69, 9.17) is 9.40 Å². The van der Waals surface area contributed by atoms with Crippen LogP contribution in [0.15, 0.2) is 59.5 Å². The van der Waals surface area contributed by atoms with Crippen molar-refractivity contribution in [2.75, 3.05) is 23.0 Å². The molecule has 4 aromatic rings. The summed E-state index contributed by atoms with van der Waals surface area (Å²) in [5, 5.41) is 18.2. The van der Waals surface area contributed by atoms with Gasteiger partial charge in [0.05, 0.1) is 22.1 Å². The van der Waals surface area contributed by atoms with Gasteiger partial charge in [-0.2, -0.15) is 9.61 Å². The van der Waals surface area contributed by atoms with Crippen molar-refractivity contribution < 1.29 is 14.3 Å². The van der Waals surface area contributed by atoms with Gasteiger partial charge in [0.25, 0.3) is 5.91 Å². The molecule has 0 aliphatic heterocycles. The van der Waals surface area contributed by atoms with E-state index in [0.29, 0.717) is 40.1 Å². The molecule has 0 saturated carbocycles. The number of carbonyl (C=O) groups is 1. The highest BCUT2D eigenvalue weighted by Gasteiger charge is 2.16. The van der Waals surface area contributed by atoms with Crippen molar-refractivity contribution in [2.45, 2.75) is 13.2 Å². The van der Waals surface area contributed by atoms with E-state index in [1.54, 1.807) is 33.8 Å². The highest BCUT2D eigenvalue weighted by molar-refractivity contribution is 14.1. The summed E-state index contributed by atoms with van der Waals surface area (Å²) < 4.78 is 7.37. The Balaban J connectivity index is 1.51. The van der Waals surface area contributed by atoms with Crippen LogP contribution in [0.25, 0.3) is 16.9 Å². The van der Waals surface area contributed by atoms with Gasteiger partial charge in [-0.15, -0.1) is 0 Å². The molecule has 0 unspecified atom stereocenters. The number of rotatable bonds is 9. The molecule has 0 bridgehead atoms. The lowest BCUT2D eigenvalue weighted by Crippen LogP contribution is -2.31. The van der Waals surface area contributed by atoms with E-state index in [2.05, 4.69) is 33.0 Å². The third kappa shape index (κ3) is 4.59. The van der Waals surface area contributed by atoms with Crippen molar-refractivity contribution in [1.29, 1.82) is 0 Å². The summed E-state index contributed by atoms with van der Waals surface area (Å²) in [4.78, 5) is 19.0. The highest BCUT2D eigenvalue weighted by atomic mass is 127. The topological polar surface area (TPSA) is 95.9 Å². The molecule has 163 valence electrons. The fraction of sp³-hybridized carbons (Fsp3) is 0.227. The second-order valence-corrected chi connectivity index (χ2v) is 7.83. The Bertz CT molecular complexity index is 1210. The van der Waals surface area contributed by atoms with Crippen molar-refractivity contribution in [1.82, 2.24) is 19.5 Å². The molecule has 0 aliphatic rings. The number of aromatic hydroxyl groups is 1. The average Bonchev–Trinajstić information content (AvgIpc) is 3.49. The molecule has 1 radical (unpaired) electrons. The molecule has 1 aromatic carbocycles. The van der Waals surface area contributed by atoms with Gasteiger partial charge in [0, 0.05) is 30.9 Å². The first-order valence-electron chi connectivity index (χ1n) is 10.2. The zero-order chi connectivity index (χ0) is 22.5. The number of hydrogen-bond donors (Lipinski definition) is 2. The zero-order valence-corrected chi connectivity index (χ0v) is 19.7. The summed E-state index contributed by atoms with van der Waals surface area (Å²) in [5.74, 6) is 0.896. The van der Waals surface area contributed by atoms with Gasteiger partial charge in [-0.25, -0.2) is 4.98 Å². The van der Waals surface area contributed by atoms with E-state index in [0.717, 1.165) is 17.7 Å². The average molecular weight is 542 g/mol. The fourth-order valence-electron chi connectivity index (χ4n) is 3.41. The number of furan rings is 1. The number of amides is 1. The van der Waals surface area contributed by atoms with Crippen LogP contribution in [-0.4, -0.2) is 55.4 Å². The number of anilines is 1. The molecule has 0 saturated heterocycles. The number of halogens is 1. The summed E-state index contributed by atoms with van der Waals surface area (Å²) in [7, 11) is 1.95. The lowest BCUT2D eigenvalue weighted by Gasteiger charge is -2.19. The minimum Gasteiger partial charge on any atom is -0.507 e. The van der Waals surface area contributed by atoms with Gasteiger partial charge < -0.3 is 19.7 Å². The van der Waals surface area contributed by atoms with Crippen LogP contribution in [-0.2, 0) is 0 Å². The Morgan fingerprint density at radius 1 is 1.34 bits per heavy atom. The summed E-state index contributed by atoms with van der Waals surface area (Å²) in [6, 6.07) is 10.7. The number of para-hydroxylation sites is 1. The van der Waals surface area contributed by atoms with Crippen LogP contribution in [0, 0.1) is 0 Å². The smallest absolute Gasteiger partial charge is 0.257 e. The number of phenolic OH excluding ortho intramolecular Hbond substituents is 1. The van der Waals surface area contributed by atoms with Crippen molar-refractivity contribution >= 4 is 52.7 Å². The van der Waals surface area contributed by atoms with E-state index in [9.17, 15) is 9.90 Å². The number of hydrogen-bond acceptors (Lipinski definition) is 6. The lowest BCUT2D eigenvalue weighted by atomic mass is 9.75. The molecular formula is C22H22BIN5O3. The Kier molecular flexibility index (Phi) is 6.98. The van der Waals surface area contributed by atoms with Crippen molar-refractivity contribution in [2.24, 2.45) is 0 Å². The molecule has 0 spiro atoms. The van der Waals surface area contributed by atoms with E-state index in [-0.39, 0.29) is 11.7 Å². The SMILES string of the molecule is C[B]c1cnn2c(NCCCN(CI)C(=O)c3ccoc3)cc(-c3ccccc3O)nc12. The first-order chi connectivity index (χ1) is 15.6. The van der Waals surface area contributed by atoms with Crippen molar-refractivity contribution in [3.8, 4) is 17.0 Å². The molecule has 4 rings (SSSR count). The third-order valence-electron chi connectivity index (χ3n) is 5.10. The molecule has 0 aliphatic carbocycles. The van der Waals surface area contributed by atoms with Crippen molar-refractivity contribution in [3.05, 3.63) is 60.7 Å². The minimum absolute atomic E-state index is 0.0449. The number of alkyl halides is 1. The maximum absolute atomic E-state index is 12.5. The van der Waals surface area contributed by atoms with E-state index < -0.39 is 0 Å². The summed E-state index contributed by atoms with van der Waals surface area (Å²) in [6.07, 6.45) is 5.48. The number of benzene rings is 1. The summed E-state index contributed by atoms with van der Waals surface area (Å²) >= 11 is 2.19. The number of aromatic nitrogens is 3. The van der Waals surface area contributed by atoms with E-state index in [1.807, 2.05) is 32.3 Å². The van der Waals surface area contributed by atoms with Crippen LogP contribution in [0.3, 0.4) is 0 Å². The van der Waals surface area contributed by atoms with Crippen LogP contribution >= 0.6 is 22.6 Å². The van der Waals surface area contributed by atoms with Crippen LogP contribution in [0.5, 0.6) is 5.75 Å². The quantitative estimate of drug-likeness (QED) is 0.111. The van der Waals surface area contributed by atoms with Gasteiger partial charge in [-0.05, 0) is 30.1 Å². The Hall–Kier alpha value is -3.02. The van der Waals surface area contributed by atoms with Gasteiger partial charge in [0.1, 0.15) is 17.8 Å². The normalized spacial score (nSPS) is 10.9. The van der Waals surface area contributed by atoms with Crippen LogP contribution in [0.2, 0.25) is 6.82 Å². The van der Waals surface area contributed by atoms with E-state index in [1.165, 1.54) is 12.5 Å². The summed E-state index contributed by atoms with van der Waals surface area (Å²) in [5.41, 5.74) is 3.48. The molecule has 2 N–H and O–H groups in total. The first-order valence-corrected chi connectivity index (χ1v) is 11.7. The van der Waals surface area contributed by atoms with Crippen LogP contribution in [0.4, 0.5) is 5.82 Å². The predicted molar refractivity (Wildman–Crippen MR) is 133 cm³/mol. The van der Waals surface area contributed by atoms with Crippen LogP contribution < -0.4 is 10.8 Å². The lowest BCUT2D eigenvalue weighted by molar-refractivity contribution is 0.0789. The van der Waals surface area contributed by atoms with Gasteiger partial charge >= 0.3 is 0 Å². The molecular weight excluding hydrogens is 520 g/mol. The highest BCUT2D eigenvalue weighted by Crippen LogP contribution is 2.29. The number of fused-ring (bicyclic) bond motifs is 1. The maximum atomic E-state index is 12.5. The number of nitrogens with one attached hydrogen (secondary N) is 1. The fourth-order valence-corrected chi connectivity index (χ4v) is 4.06. The Morgan fingerprint density at radius 3 is 2.91 bits per heavy atom. The Labute approximate surface area is 200 Å². The molecule has 0 fully saturated rings.